The van der Waals surface area contributed by atoms with E-state index in [1.54, 1.807) is 0 Å². The highest BCUT2D eigenvalue weighted by Gasteiger charge is 2.47. The molecule has 0 amide bonds. The van der Waals surface area contributed by atoms with Gasteiger partial charge in [-0.15, -0.1) is 0 Å². The van der Waals surface area contributed by atoms with Crippen molar-refractivity contribution in [3.8, 4) is 0 Å². The number of hydrogen-bond acceptors (Lipinski definition) is 5. The van der Waals surface area contributed by atoms with E-state index in [0.717, 1.165) is 51.9 Å². The first kappa shape index (κ1) is 16.7. The fourth-order valence-electron chi connectivity index (χ4n) is 3.72. The van der Waals surface area contributed by atoms with Crippen molar-refractivity contribution in [1.29, 1.82) is 0 Å². The molecule has 1 aliphatic heterocycles. The van der Waals surface area contributed by atoms with Crippen molar-refractivity contribution in [2.45, 2.75) is 57.2 Å². The first-order chi connectivity index (χ1) is 10.0. The monoisotopic (exact) mass is 297 g/mol. The van der Waals surface area contributed by atoms with Crippen LogP contribution in [-0.2, 0) is 9.53 Å². The molecule has 2 aliphatic rings. The number of rotatable bonds is 5. The number of esters is 1. The van der Waals surface area contributed by atoms with Gasteiger partial charge in [-0.2, -0.15) is 0 Å². The van der Waals surface area contributed by atoms with Crippen LogP contribution in [0.2, 0.25) is 0 Å². The molecule has 0 bridgehead atoms. The molecule has 3 atom stereocenters. The van der Waals surface area contributed by atoms with E-state index in [9.17, 15) is 4.79 Å². The maximum atomic E-state index is 12.3. The van der Waals surface area contributed by atoms with Crippen LogP contribution in [0, 0.1) is 0 Å². The maximum absolute atomic E-state index is 12.3. The Kier molecular flexibility index (Phi) is 5.63. The molecule has 1 heterocycles. The largest absolute Gasteiger partial charge is 0.468 e. The van der Waals surface area contributed by atoms with Crippen LogP contribution in [0.4, 0.5) is 0 Å². The molecule has 1 saturated carbocycles. The van der Waals surface area contributed by atoms with Crippen LogP contribution in [-0.4, -0.2) is 73.7 Å². The highest BCUT2D eigenvalue weighted by molar-refractivity contribution is 5.81. The molecule has 1 saturated heterocycles. The molecule has 0 aromatic heterocycles. The van der Waals surface area contributed by atoms with E-state index in [1.165, 1.54) is 7.11 Å². The Labute approximate surface area is 129 Å². The van der Waals surface area contributed by atoms with E-state index in [1.807, 2.05) is 0 Å². The predicted octanol–water partition coefficient (Wildman–Crippen LogP) is 1.09. The Bertz CT molecular complexity index is 363. The molecule has 0 aromatic rings. The van der Waals surface area contributed by atoms with Gasteiger partial charge in [0.1, 0.15) is 5.54 Å². The minimum Gasteiger partial charge on any atom is -0.468 e. The number of piperazine rings is 1. The third-order valence-electron chi connectivity index (χ3n) is 5.29. The Hall–Kier alpha value is -0.650. The highest BCUT2D eigenvalue weighted by Crippen LogP contribution is 2.35. The van der Waals surface area contributed by atoms with Gasteiger partial charge in [0, 0.05) is 31.7 Å². The highest BCUT2D eigenvalue weighted by atomic mass is 16.5. The van der Waals surface area contributed by atoms with Gasteiger partial charge in [0.2, 0.25) is 0 Å². The van der Waals surface area contributed by atoms with Crippen molar-refractivity contribution in [2.75, 3.05) is 40.3 Å². The summed E-state index contributed by atoms with van der Waals surface area (Å²) in [5.74, 6) is -0.0828. The van der Waals surface area contributed by atoms with E-state index in [0.29, 0.717) is 12.1 Å². The summed E-state index contributed by atoms with van der Waals surface area (Å²) in [6, 6.07) is 1.10. The first-order valence-corrected chi connectivity index (χ1v) is 8.30. The van der Waals surface area contributed by atoms with Gasteiger partial charge in [-0.3, -0.25) is 9.69 Å². The average molecular weight is 297 g/mol. The standard InChI is InChI=1S/C16H31N3O2/c1-5-8-17-16(15(20)21-4)7-6-14(11-16)19-10-9-18(3)13(2)12-19/h13-14,17H,5-12H2,1-4H3. The summed E-state index contributed by atoms with van der Waals surface area (Å²) in [7, 11) is 3.70. The summed E-state index contributed by atoms with van der Waals surface area (Å²) < 4.78 is 5.08. The Morgan fingerprint density at radius 2 is 2.19 bits per heavy atom. The van der Waals surface area contributed by atoms with Crippen LogP contribution in [0.15, 0.2) is 0 Å². The third-order valence-corrected chi connectivity index (χ3v) is 5.29. The molecule has 3 unspecified atom stereocenters. The summed E-state index contributed by atoms with van der Waals surface area (Å²) in [6.45, 7) is 8.62. The fraction of sp³-hybridized carbons (Fsp3) is 0.938. The van der Waals surface area contributed by atoms with Crippen LogP contribution in [0.3, 0.4) is 0 Å². The molecule has 122 valence electrons. The van der Waals surface area contributed by atoms with Crippen molar-refractivity contribution in [2.24, 2.45) is 0 Å². The number of ether oxygens (including phenoxy) is 1. The molecule has 2 rings (SSSR count). The van der Waals surface area contributed by atoms with Gasteiger partial charge >= 0.3 is 5.97 Å². The van der Waals surface area contributed by atoms with Gasteiger partial charge in [0.15, 0.2) is 0 Å². The molecule has 21 heavy (non-hydrogen) atoms. The number of nitrogens with zero attached hydrogens (tertiary/aromatic N) is 2. The smallest absolute Gasteiger partial charge is 0.326 e. The minimum atomic E-state index is -0.456. The molecule has 1 aliphatic carbocycles. The fourth-order valence-corrected chi connectivity index (χ4v) is 3.72. The van der Waals surface area contributed by atoms with Gasteiger partial charge in [-0.05, 0) is 46.2 Å². The SMILES string of the molecule is CCCNC1(C(=O)OC)CCC(N2CCN(C)C(C)C2)C1. The number of likely N-dealkylation sites (N-methyl/N-ethyl adjacent to an activating group) is 1. The lowest BCUT2D eigenvalue weighted by Crippen LogP contribution is -2.55. The van der Waals surface area contributed by atoms with Crippen molar-refractivity contribution in [1.82, 2.24) is 15.1 Å². The van der Waals surface area contributed by atoms with Crippen molar-refractivity contribution in [3.63, 3.8) is 0 Å². The second-order valence-electron chi connectivity index (χ2n) is 6.72. The van der Waals surface area contributed by atoms with Crippen molar-refractivity contribution < 1.29 is 9.53 Å². The summed E-state index contributed by atoms with van der Waals surface area (Å²) in [4.78, 5) is 17.3. The predicted molar refractivity (Wildman–Crippen MR) is 84.3 cm³/mol. The zero-order valence-corrected chi connectivity index (χ0v) is 14.0. The van der Waals surface area contributed by atoms with Crippen molar-refractivity contribution >= 4 is 5.97 Å². The quantitative estimate of drug-likeness (QED) is 0.770. The Morgan fingerprint density at radius 3 is 2.81 bits per heavy atom. The number of nitrogens with one attached hydrogen (secondary N) is 1. The number of carbonyl (C=O) groups excluding carboxylic acids is 1. The van der Waals surface area contributed by atoms with Gasteiger partial charge in [-0.1, -0.05) is 6.92 Å². The lowest BCUT2D eigenvalue weighted by atomic mass is 9.96. The molecule has 5 nitrogen and oxygen atoms in total. The number of hydrogen-bond donors (Lipinski definition) is 1. The zero-order valence-electron chi connectivity index (χ0n) is 14.0. The van der Waals surface area contributed by atoms with E-state index < -0.39 is 5.54 Å². The molecule has 1 N–H and O–H groups in total. The van der Waals surface area contributed by atoms with Gasteiger partial charge in [-0.25, -0.2) is 0 Å². The second-order valence-corrected chi connectivity index (χ2v) is 6.72. The Balaban J connectivity index is 2.00. The molecular weight excluding hydrogens is 266 g/mol. The summed E-state index contributed by atoms with van der Waals surface area (Å²) in [5, 5.41) is 3.47. The maximum Gasteiger partial charge on any atom is 0.326 e. The van der Waals surface area contributed by atoms with Crippen molar-refractivity contribution in [3.05, 3.63) is 0 Å². The molecule has 0 spiro atoms. The normalized spacial score (nSPS) is 35.0. The third kappa shape index (κ3) is 3.58. The Morgan fingerprint density at radius 1 is 1.43 bits per heavy atom. The summed E-state index contributed by atoms with van der Waals surface area (Å²) in [5.41, 5.74) is -0.456. The minimum absolute atomic E-state index is 0.0828. The van der Waals surface area contributed by atoms with Gasteiger partial charge in [0.05, 0.1) is 7.11 Å². The molecular formula is C16H31N3O2. The molecule has 0 radical (unpaired) electrons. The van der Waals surface area contributed by atoms with E-state index in [-0.39, 0.29) is 5.97 Å². The molecule has 5 heteroatoms. The summed E-state index contributed by atoms with van der Waals surface area (Å²) >= 11 is 0. The molecule has 0 aromatic carbocycles. The average Bonchev–Trinajstić information content (AvgIpc) is 2.93. The number of carbonyl (C=O) groups is 1. The zero-order chi connectivity index (χ0) is 15.5. The van der Waals surface area contributed by atoms with Crippen LogP contribution in [0.5, 0.6) is 0 Å². The lowest BCUT2D eigenvalue weighted by molar-refractivity contribution is -0.148. The first-order valence-electron chi connectivity index (χ1n) is 8.30. The topological polar surface area (TPSA) is 44.8 Å². The second kappa shape index (κ2) is 7.07. The van der Waals surface area contributed by atoms with Crippen LogP contribution in [0.25, 0.3) is 0 Å². The van der Waals surface area contributed by atoms with E-state index in [2.05, 4.69) is 36.0 Å². The van der Waals surface area contributed by atoms with Crippen LogP contribution < -0.4 is 5.32 Å². The van der Waals surface area contributed by atoms with Gasteiger partial charge in [0.25, 0.3) is 0 Å². The van der Waals surface area contributed by atoms with Crippen LogP contribution in [0.1, 0.15) is 39.5 Å². The van der Waals surface area contributed by atoms with E-state index >= 15 is 0 Å². The summed E-state index contributed by atoms with van der Waals surface area (Å²) in [6.07, 6.45) is 3.90. The van der Waals surface area contributed by atoms with E-state index in [4.69, 9.17) is 4.74 Å². The number of methoxy groups -OCH3 is 1. The lowest BCUT2D eigenvalue weighted by Gasteiger charge is -2.41. The molecule has 2 fully saturated rings. The van der Waals surface area contributed by atoms with Crippen LogP contribution >= 0.6 is 0 Å². The van der Waals surface area contributed by atoms with Gasteiger partial charge < -0.3 is 15.0 Å².